The molecule has 0 N–H and O–H groups in total. The Bertz CT molecular complexity index is 317. The van der Waals surface area contributed by atoms with Crippen molar-refractivity contribution in [2.24, 2.45) is 7.05 Å². The van der Waals surface area contributed by atoms with Gasteiger partial charge < -0.3 is 9.30 Å². The number of fused-ring (bicyclic) bond motifs is 1. The first-order valence-electron chi connectivity index (χ1n) is 4.62. The zero-order chi connectivity index (χ0) is 8.18. The molecule has 1 saturated carbocycles. The molecule has 1 aliphatic carbocycles. The average Bonchev–Trinajstić information content (AvgIpc) is 2.49. The van der Waals surface area contributed by atoms with E-state index in [-0.39, 0.29) is 5.60 Å². The lowest BCUT2D eigenvalue weighted by Crippen LogP contribution is -2.11. The van der Waals surface area contributed by atoms with Crippen LogP contribution in [-0.2, 0) is 17.4 Å². The molecule has 12 heavy (non-hydrogen) atoms. The third-order valence-electron chi connectivity index (χ3n) is 3.21. The Morgan fingerprint density at radius 1 is 1.67 bits per heavy atom. The first-order valence-corrected chi connectivity index (χ1v) is 4.62. The highest BCUT2D eigenvalue weighted by Crippen LogP contribution is 2.56. The summed E-state index contributed by atoms with van der Waals surface area (Å²) >= 11 is 0. The summed E-state index contributed by atoms with van der Waals surface area (Å²) < 4.78 is 7.93. The van der Waals surface area contributed by atoms with Gasteiger partial charge in [0.05, 0.1) is 11.8 Å². The van der Waals surface area contributed by atoms with Crippen molar-refractivity contribution in [3.8, 4) is 0 Å². The molecule has 2 aliphatic rings. The van der Waals surface area contributed by atoms with Crippen LogP contribution >= 0.6 is 0 Å². The van der Waals surface area contributed by atoms with Gasteiger partial charge in [-0.1, -0.05) is 0 Å². The summed E-state index contributed by atoms with van der Waals surface area (Å²) in [4.78, 5) is 0. The number of aromatic nitrogens is 1. The molecule has 0 spiro atoms. The summed E-state index contributed by atoms with van der Waals surface area (Å²) in [6, 6.07) is 4.28. The number of aryl methyl sites for hydroxylation is 1. The summed E-state index contributed by atoms with van der Waals surface area (Å²) in [5.74, 6) is 0. The molecule has 2 fully saturated rings. The third-order valence-corrected chi connectivity index (χ3v) is 3.21. The van der Waals surface area contributed by atoms with Gasteiger partial charge in [-0.2, -0.15) is 0 Å². The molecule has 0 unspecified atom stereocenters. The van der Waals surface area contributed by atoms with Crippen molar-refractivity contribution in [3.05, 3.63) is 24.0 Å². The fourth-order valence-corrected chi connectivity index (χ4v) is 2.54. The number of rotatable bonds is 1. The van der Waals surface area contributed by atoms with Crippen LogP contribution in [0.15, 0.2) is 18.3 Å². The van der Waals surface area contributed by atoms with Crippen molar-refractivity contribution in [2.45, 2.75) is 31.0 Å². The molecule has 2 heteroatoms. The van der Waals surface area contributed by atoms with E-state index in [2.05, 4.69) is 29.9 Å². The number of epoxide rings is 1. The molecular weight excluding hydrogens is 150 g/mol. The van der Waals surface area contributed by atoms with Crippen LogP contribution in [0.4, 0.5) is 0 Å². The summed E-state index contributed by atoms with van der Waals surface area (Å²) in [7, 11) is 2.10. The van der Waals surface area contributed by atoms with E-state index < -0.39 is 0 Å². The van der Waals surface area contributed by atoms with Crippen LogP contribution in [0, 0.1) is 0 Å². The molecule has 64 valence electrons. The second-order valence-electron chi connectivity index (χ2n) is 3.89. The Kier molecular flexibility index (Phi) is 1.09. The van der Waals surface area contributed by atoms with Gasteiger partial charge in [0.25, 0.3) is 0 Å². The molecular formula is C10H13NO. The maximum atomic E-state index is 5.74. The van der Waals surface area contributed by atoms with Crippen LogP contribution < -0.4 is 0 Å². The van der Waals surface area contributed by atoms with Gasteiger partial charge >= 0.3 is 0 Å². The molecule has 3 rings (SSSR count). The average molecular weight is 163 g/mol. The van der Waals surface area contributed by atoms with Gasteiger partial charge in [-0.05, 0) is 31.4 Å². The lowest BCUT2D eigenvalue weighted by atomic mass is 10.0. The Labute approximate surface area is 72.1 Å². The summed E-state index contributed by atoms with van der Waals surface area (Å²) in [6.45, 7) is 0. The first kappa shape index (κ1) is 6.72. The van der Waals surface area contributed by atoms with Crippen LogP contribution in [0.5, 0.6) is 0 Å². The van der Waals surface area contributed by atoms with Gasteiger partial charge in [0.1, 0.15) is 5.60 Å². The number of ether oxygens (including phenoxy) is 1. The van der Waals surface area contributed by atoms with E-state index in [1.165, 1.54) is 25.0 Å². The zero-order valence-corrected chi connectivity index (χ0v) is 7.29. The first-order chi connectivity index (χ1) is 5.83. The van der Waals surface area contributed by atoms with Crippen molar-refractivity contribution >= 4 is 0 Å². The van der Waals surface area contributed by atoms with E-state index in [1.54, 1.807) is 0 Å². The molecule has 0 radical (unpaired) electrons. The Morgan fingerprint density at radius 3 is 3.08 bits per heavy atom. The van der Waals surface area contributed by atoms with E-state index in [1.807, 2.05) is 0 Å². The Hall–Kier alpha value is -0.760. The second kappa shape index (κ2) is 1.94. The van der Waals surface area contributed by atoms with Gasteiger partial charge in [0.15, 0.2) is 0 Å². The van der Waals surface area contributed by atoms with Crippen LogP contribution in [-0.4, -0.2) is 10.7 Å². The highest BCUT2D eigenvalue weighted by Gasteiger charge is 2.61. The normalized spacial score (nSPS) is 38.2. The Balaban J connectivity index is 2.04. The van der Waals surface area contributed by atoms with Crippen LogP contribution in [0.25, 0.3) is 0 Å². The summed E-state index contributed by atoms with van der Waals surface area (Å²) in [5.41, 5.74) is 1.50. The maximum Gasteiger partial charge on any atom is 0.134 e. The second-order valence-corrected chi connectivity index (χ2v) is 3.89. The zero-order valence-electron chi connectivity index (χ0n) is 7.29. The lowest BCUT2D eigenvalue weighted by molar-refractivity contribution is 0.246. The maximum absolute atomic E-state index is 5.74. The van der Waals surface area contributed by atoms with Crippen LogP contribution in [0.2, 0.25) is 0 Å². The largest absolute Gasteiger partial charge is 0.359 e. The predicted molar refractivity (Wildman–Crippen MR) is 45.8 cm³/mol. The minimum absolute atomic E-state index is 0.137. The minimum Gasteiger partial charge on any atom is -0.359 e. The number of hydrogen-bond donors (Lipinski definition) is 0. The monoisotopic (exact) mass is 163 g/mol. The topological polar surface area (TPSA) is 17.5 Å². The highest BCUT2D eigenvalue weighted by molar-refractivity contribution is 5.26. The van der Waals surface area contributed by atoms with Gasteiger partial charge in [-0.15, -0.1) is 0 Å². The van der Waals surface area contributed by atoms with Crippen molar-refractivity contribution in [1.29, 1.82) is 0 Å². The van der Waals surface area contributed by atoms with E-state index in [4.69, 9.17) is 4.74 Å². The third kappa shape index (κ3) is 0.643. The van der Waals surface area contributed by atoms with Crippen molar-refractivity contribution < 1.29 is 4.74 Å². The molecule has 1 aromatic rings. The fourth-order valence-electron chi connectivity index (χ4n) is 2.54. The highest BCUT2D eigenvalue weighted by atomic mass is 16.6. The molecule has 2 atom stereocenters. The molecule has 0 amide bonds. The standard InChI is InChI=1S/C10H13NO/c1-11-7-3-4-8(11)10-6-2-5-9(10)12-10/h3-4,7,9H,2,5-6H2,1H3/t9-,10-/m1/s1. The molecule has 1 aromatic heterocycles. The van der Waals surface area contributed by atoms with Crippen LogP contribution in [0.1, 0.15) is 25.0 Å². The van der Waals surface area contributed by atoms with E-state index in [0.717, 1.165) is 0 Å². The molecule has 2 heterocycles. The smallest absolute Gasteiger partial charge is 0.134 e. The quantitative estimate of drug-likeness (QED) is 0.577. The fraction of sp³-hybridized carbons (Fsp3) is 0.600. The molecule has 0 bridgehead atoms. The summed E-state index contributed by atoms with van der Waals surface area (Å²) in [5, 5.41) is 0. The minimum atomic E-state index is 0.137. The number of hydrogen-bond acceptors (Lipinski definition) is 1. The lowest BCUT2D eigenvalue weighted by Gasteiger charge is -2.09. The van der Waals surface area contributed by atoms with Gasteiger partial charge in [-0.25, -0.2) is 0 Å². The van der Waals surface area contributed by atoms with Crippen molar-refractivity contribution in [2.75, 3.05) is 0 Å². The summed E-state index contributed by atoms with van der Waals surface area (Å²) in [6.07, 6.45) is 6.43. The van der Waals surface area contributed by atoms with Crippen LogP contribution in [0.3, 0.4) is 0 Å². The molecule has 1 aliphatic heterocycles. The van der Waals surface area contributed by atoms with E-state index >= 15 is 0 Å². The van der Waals surface area contributed by atoms with Crippen molar-refractivity contribution in [3.63, 3.8) is 0 Å². The molecule has 2 nitrogen and oxygen atoms in total. The predicted octanol–water partition coefficient (Wildman–Crippen LogP) is 1.80. The molecule has 0 aromatic carbocycles. The SMILES string of the molecule is Cn1cccc1[C@]12CCC[C@H]1O2. The Morgan fingerprint density at radius 2 is 2.58 bits per heavy atom. The van der Waals surface area contributed by atoms with Gasteiger partial charge in [-0.3, -0.25) is 0 Å². The van der Waals surface area contributed by atoms with E-state index in [9.17, 15) is 0 Å². The van der Waals surface area contributed by atoms with Gasteiger partial charge in [0, 0.05) is 13.2 Å². The van der Waals surface area contributed by atoms with Gasteiger partial charge in [0.2, 0.25) is 0 Å². The van der Waals surface area contributed by atoms with E-state index in [0.29, 0.717) is 6.10 Å². The number of nitrogens with zero attached hydrogens (tertiary/aromatic N) is 1. The molecule has 1 saturated heterocycles. The van der Waals surface area contributed by atoms with Crippen molar-refractivity contribution in [1.82, 2.24) is 4.57 Å².